The molecule has 0 spiro atoms. The summed E-state index contributed by atoms with van der Waals surface area (Å²) in [6, 6.07) is 12.2. The van der Waals surface area contributed by atoms with Crippen LogP contribution in [0.1, 0.15) is 0 Å². The SMILES string of the molecule is Nc1cc2ccccc2c(-c2ccsc2)n1. The second-order valence-corrected chi connectivity index (χ2v) is 4.41. The number of hydrogen-bond acceptors (Lipinski definition) is 3. The van der Waals surface area contributed by atoms with E-state index in [0.29, 0.717) is 5.82 Å². The highest BCUT2D eigenvalue weighted by Gasteiger charge is 2.06. The van der Waals surface area contributed by atoms with Gasteiger partial charge in [0, 0.05) is 16.3 Å². The Kier molecular flexibility index (Phi) is 2.11. The van der Waals surface area contributed by atoms with Crippen molar-refractivity contribution >= 4 is 27.9 Å². The maximum atomic E-state index is 5.82. The van der Waals surface area contributed by atoms with E-state index in [-0.39, 0.29) is 0 Å². The Bertz CT molecular complexity index is 629. The largest absolute Gasteiger partial charge is 0.384 e. The molecule has 0 aliphatic rings. The Morgan fingerprint density at radius 3 is 2.81 bits per heavy atom. The van der Waals surface area contributed by atoms with Gasteiger partial charge in [-0.15, -0.1) is 0 Å². The number of nitrogen functional groups attached to an aromatic ring is 1. The van der Waals surface area contributed by atoms with E-state index in [1.807, 2.05) is 18.2 Å². The van der Waals surface area contributed by atoms with Gasteiger partial charge >= 0.3 is 0 Å². The van der Waals surface area contributed by atoms with Crippen LogP contribution in [-0.4, -0.2) is 4.98 Å². The quantitative estimate of drug-likeness (QED) is 0.689. The normalized spacial score (nSPS) is 10.8. The highest BCUT2D eigenvalue weighted by molar-refractivity contribution is 7.08. The lowest BCUT2D eigenvalue weighted by Crippen LogP contribution is -1.93. The molecule has 16 heavy (non-hydrogen) atoms. The maximum Gasteiger partial charge on any atom is 0.124 e. The summed E-state index contributed by atoms with van der Waals surface area (Å²) in [5.74, 6) is 0.569. The lowest BCUT2D eigenvalue weighted by molar-refractivity contribution is 1.37. The van der Waals surface area contributed by atoms with Gasteiger partial charge in [-0.1, -0.05) is 24.3 Å². The van der Waals surface area contributed by atoms with Crippen molar-refractivity contribution in [1.29, 1.82) is 0 Å². The third-order valence-electron chi connectivity index (χ3n) is 2.55. The Labute approximate surface area is 97.4 Å². The number of rotatable bonds is 1. The van der Waals surface area contributed by atoms with Crippen LogP contribution in [0.5, 0.6) is 0 Å². The van der Waals surface area contributed by atoms with E-state index < -0.39 is 0 Å². The Morgan fingerprint density at radius 2 is 2.00 bits per heavy atom. The number of benzene rings is 1. The Hall–Kier alpha value is -1.87. The number of fused-ring (bicyclic) bond motifs is 1. The number of pyridine rings is 1. The molecule has 2 aromatic heterocycles. The van der Waals surface area contributed by atoms with Crippen molar-refractivity contribution < 1.29 is 0 Å². The van der Waals surface area contributed by atoms with E-state index in [4.69, 9.17) is 5.73 Å². The van der Waals surface area contributed by atoms with Crippen molar-refractivity contribution in [2.24, 2.45) is 0 Å². The summed E-state index contributed by atoms with van der Waals surface area (Å²) in [6.45, 7) is 0. The minimum absolute atomic E-state index is 0.569. The van der Waals surface area contributed by atoms with Crippen LogP contribution >= 0.6 is 11.3 Å². The van der Waals surface area contributed by atoms with Gasteiger partial charge in [0.25, 0.3) is 0 Å². The van der Waals surface area contributed by atoms with Crippen molar-refractivity contribution in [3.8, 4) is 11.3 Å². The van der Waals surface area contributed by atoms with E-state index in [1.165, 1.54) is 0 Å². The fourth-order valence-corrected chi connectivity index (χ4v) is 2.48. The van der Waals surface area contributed by atoms with Crippen LogP contribution in [0.25, 0.3) is 22.0 Å². The molecule has 0 amide bonds. The highest BCUT2D eigenvalue weighted by Crippen LogP contribution is 2.29. The van der Waals surface area contributed by atoms with Crippen molar-refractivity contribution in [3.05, 3.63) is 47.2 Å². The fourth-order valence-electron chi connectivity index (χ4n) is 1.84. The minimum atomic E-state index is 0.569. The van der Waals surface area contributed by atoms with Gasteiger partial charge in [-0.3, -0.25) is 0 Å². The van der Waals surface area contributed by atoms with Crippen molar-refractivity contribution in [2.45, 2.75) is 0 Å². The topological polar surface area (TPSA) is 38.9 Å². The summed E-state index contributed by atoms with van der Waals surface area (Å²) < 4.78 is 0. The van der Waals surface area contributed by atoms with Crippen LogP contribution in [-0.2, 0) is 0 Å². The van der Waals surface area contributed by atoms with E-state index in [0.717, 1.165) is 22.0 Å². The third kappa shape index (κ3) is 1.46. The second-order valence-electron chi connectivity index (χ2n) is 3.63. The predicted octanol–water partition coefficient (Wildman–Crippen LogP) is 3.55. The van der Waals surface area contributed by atoms with E-state index in [2.05, 4.69) is 33.9 Å². The Morgan fingerprint density at radius 1 is 1.12 bits per heavy atom. The first-order valence-electron chi connectivity index (χ1n) is 5.02. The van der Waals surface area contributed by atoms with Gasteiger partial charge in [0.15, 0.2) is 0 Å². The summed E-state index contributed by atoms with van der Waals surface area (Å²) in [7, 11) is 0. The summed E-state index contributed by atoms with van der Waals surface area (Å²) in [4.78, 5) is 4.43. The van der Waals surface area contributed by atoms with Crippen molar-refractivity contribution in [3.63, 3.8) is 0 Å². The molecule has 0 fully saturated rings. The number of nitrogens with two attached hydrogens (primary N) is 1. The van der Waals surface area contributed by atoms with Crippen LogP contribution in [0.3, 0.4) is 0 Å². The zero-order valence-corrected chi connectivity index (χ0v) is 9.37. The van der Waals surface area contributed by atoms with Gasteiger partial charge in [0.05, 0.1) is 5.69 Å². The van der Waals surface area contributed by atoms with Gasteiger partial charge in [0.1, 0.15) is 5.82 Å². The average molecular weight is 226 g/mol. The molecule has 3 heteroatoms. The minimum Gasteiger partial charge on any atom is -0.384 e. The summed E-state index contributed by atoms with van der Waals surface area (Å²) in [5, 5.41) is 6.43. The maximum absolute atomic E-state index is 5.82. The first kappa shape index (κ1) is 9.36. The number of nitrogens with zero attached hydrogens (tertiary/aromatic N) is 1. The van der Waals surface area contributed by atoms with Gasteiger partial charge < -0.3 is 5.73 Å². The van der Waals surface area contributed by atoms with Gasteiger partial charge in [-0.2, -0.15) is 11.3 Å². The van der Waals surface area contributed by atoms with Crippen LogP contribution < -0.4 is 5.73 Å². The smallest absolute Gasteiger partial charge is 0.124 e. The summed E-state index contributed by atoms with van der Waals surface area (Å²) in [5.41, 5.74) is 7.93. The lowest BCUT2D eigenvalue weighted by Gasteiger charge is -2.05. The molecule has 78 valence electrons. The molecule has 2 N–H and O–H groups in total. The Balaban J connectivity index is 2.39. The molecule has 2 heterocycles. The van der Waals surface area contributed by atoms with Gasteiger partial charge in [-0.25, -0.2) is 4.98 Å². The van der Waals surface area contributed by atoms with Crippen LogP contribution in [0.4, 0.5) is 5.82 Å². The van der Waals surface area contributed by atoms with Crippen molar-refractivity contribution in [2.75, 3.05) is 5.73 Å². The second kappa shape index (κ2) is 3.61. The van der Waals surface area contributed by atoms with Crippen LogP contribution in [0.15, 0.2) is 47.2 Å². The predicted molar refractivity (Wildman–Crippen MR) is 69.5 cm³/mol. The molecule has 2 nitrogen and oxygen atoms in total. The molecule has 0 saturated carbocycles. The summed E-state index contributed by atoms with van der Waals surface area (Å²) >= 11 is 1.67. The number of aromatic nitrogens is 1. The molecule has 0 bridgehead atoms. The monoisotopic (exact) mass is 226 g/mol. The van der Waals surface area contributed by atoms with Gasteiger partial charge in [0.2, 0.25) is 0 Å². The van der Waals surface area contributed by atoms with Crippen LogP contribution in [0.2, 0.25) is 0 Å². The first-order valence-corrected chi connectivity index (χ1v) is 5.97. The number of thiophene rings is 1. The van der Waals surface area contributed by atoms with E-state index in [9.17, 15) is 0 Å². The molecule has 0 aliphatic carbocycles. The van der Waals surface area contributed by atoms with Gasteiger partial charge in [-0.05, 0) is 22.9 Å². The van der Waals surface area contributed by atoms with E-state index in [1.54, 1.807) is 11.3 Å². The third-order valence-corrected chi connectivity index (χ3v) is 3.24. The number of anilines is 1. The van der Waals surface area contributed by atoms with Crippen molar-refractivity contribution in [1.82, 2.24) is 4.98 Å². The molecule has 3 aromatic rings. The first-order chi connectivity index (χ1) is 7.84. The zero-order chi connectivity index (χ0) is 11.0. The molecule has 0 radical (unpaired) electrons. The standard InChI is InChI=1S/C13H10N2S/c14-12-7-9-3-1-2-4-11(9)13(15-12)10-5-6-16-8-10/h1-8H,(H2,14,15). The number of hydrogen-bond donors (Lipinski definition) is 1. The molecule has 0 aliphatic heterocycles. The molecule has 0 saturated heterocycles. The average Bonchev–Trinajstić information content (AvgIpc) is 2.81. The molecule has 1 aromatic carbocycles. The molecule has 0 atom stereocenters. The zero-order valence-electron chi connectivity index (χ0n) is 8.55. The molecule has 0 unspecified atom stereocenters. The summed E-state index contributed by atoms with van der Waals surface area (Å²) in [6.07, 6.45) is 0. The molecular weight excluding hydrogens is 216 g/mol. The fraction of sp³-hybridized carbons (Fsp3) is 0. The van der Waals surface area contributed by atoms with Crippen LogP contribution in [0, 0.1) is 0 Å². The molecule has 3 rings (SSSR count). The lowest BCUT2D eigenvalue weighted by atomic mass is 10.1. The molecular formula is C13H10N2S. The van der Waals surface area contributed by atoms with E-state index >= 15 is 0 Å². The highest BCUT2D eigenvalue weighted by atomic mass is 32.1.